The largest absolute Gasteiger partial charge is 0.494 e. The first-order valence-corrected chi connectivity index (χ1v) is 8.69. The van der Waals surface area contributed by atoms with Crippen molar-refractivity contribution in [1.29, 1.82) is 0 Å². The van der Waals surface area contributed by atoms with E-state index in [9.17, 15) is 13.2 Å². The van der Waals surface area contributed by atoms with Gasteiger partial charge in [-0.2, -0.15) is 8.42 Å². The van der Waals surface area contributed by atoms with Gasteiger partial charge in [0.25, 0.3) is 15.9 Å². The molecular formula is C16H15N3O4S. The van der Waals surface area contributed by atoms with Gasteiger partial charge in [0.05, 0.1) is 12.3 Å². The van der Waals surface area contributed by atoms with Gasteiger partial charge in [-0.25, -0.2) is 0 Å². The lowest BCUT2D eigenvalue weighted by Gasteiger charge is -2.17. The average molecular weight is 345 g/mol. The van der Waals surface area contributed by atoms with Crippen LogP contribution in [0.4, 0.5) is 11.4 Å². The van der Waals surface area contributed by atoms with Crippen LogP contribution < -0.4 is 15.4 Å². The van der Waals surface area contributed by atoms with Crippen LogP contribution in [0.25, 0.3) is 0 Å². The highest BCUT2D eigenvalue weighted by Gasteiger charge is 2.27. The van der Waals surface area contributed by atoms with Crippen molar-refractivity contribution in [3.63, 3.8) is 0 Å². The molecule has 7 nitrogen and oxygen atoms in total. The number of sulfonamides is 1. The number of amidine groups is 1. The maximum absolute atomic E-state index is 12.3. The Labute approximate surface area is 139 Å². The summed E-state index contributed by atoms with van der Waals surface area (Å²) in [5, 5.41) is 5.34. The second-order valence-corrected chi connectivity index (χ2v) is 6.52. The Morgan fingerprint density at radius 1 is 1.17 bits per heavy atom. The van der Waals surface area contributed by atoms with Gasteiger partial charge in [0.2, 0.25) is 5.84 Å². The highest BCUT2D eigenvalue weighted by Crippen LogP contribution is 2.26. The first kappa shape index (κ1) is 16.0. The van der Waals surface area contributed by atoms with Crippen molar-refractivity contribution < 1.29 is 17.9 Å². The lowest BCUT2D eigenvalue weighted by Crippen LogP contribution is -2.33. The third-order valence-corrected chi connectivity index (χ3v) is 4.60. The molecule has 1 aliphatic heterocycles. The van der Waals surface area contributed by atoms with Crippen molar-refractivity contribution in [3.8, 4) is 5.75 Å². The number of carbonyl (C=O) groups excluding carboxylic acids is 1. The van der Waals surface area contributed by atoms with Gasteiger partial charge in [-0.1, -0.05) is 12.1 Å². The van der Waals surface area contributed by atoms with Gasteiger partial charge in [-0.15, -0.1) is 4.40 Å². The zero-order valence-electron chi connectivity index (χ0n) is 12.8. The Balaban J connectivity index is 1.80. The summed E-state index contributed by atoms with van der Waals surface area (Å²) in [4.78, 5) is 12.3. The molecule has 1 aliphatic rings. The van der Waals surface area contributed by atoms with E-state index < -0.39 is 15.9 Å². The second kappa shape index (κ2) is 6.32. The van der Waals surface area contributed by atoms with Crippen LogP contribution >= 0.6 is 0 Å². The molecule has 2 aromatic rings. The number of rotatable bonds is 4. The predicted octanol–water partition coefficient (Wildman–Crippen LogP) is 2.24. The number of benzene rings is 2. The smallest absolute Gasteiger partial charge is 0.292 e. The molecule has 8 heteroatoms. The highest BCUT2D eigenvalue weighted by molar-refractivity contribution is 7.90. The molecule has 0 aliphatic carbocycles. The SMILES string of the molecule is CCOc1ccc(NC(=O)C2=NS(=O)(=O)c3ccccc3N2)cc1. The Hall–Kier alpha value is -2.87. The second-order valence-electron chi connectivity index (χ2n) is 4.95. The Morgan fingerprint density at radius 3 is 2.58 bits per heavy atom. The molecule has 2 aromatic carbocycles. The van der Waals surface area contributed by atoms with E-state index in [0.717, 1.165) is 0 Å². The summed E-state index contributed by atoms with van der Waals surface area (Å²) in [5.74, 6) is -0.236. The minimum Gasteiger partial charge on any atom is -0.494 e. The molecule has 0 radical (unpaired) electrons. The van der Waals surface area contributed by atoms with Crippen LogP contribution in [-0.4, -0.2) is 26.8 Å². The highest BCUT2D eigenvalue weighted by atomic mass is 32.2. The van der Waals surface area contributed by atoms with Gasteiger partial charge in [0, 0.05) is 5.69 Å². The van der Waals surface area contributed by atoms with Crippen molar-refractivity contribution in [1.82, 2.24) is 0 Å². The number of amides is 1. The van der Waals surface area contributed by atoms with Crippen LogP contribution in [0.1, 0.15) is 6.92 Å². The fourth-order valence-electron chi connectivity index (χ4n) is 2.20. The lowest BCUT2D eigenvalue weighted by molar-refractivity contribution is -0.110. The zero-order chi connectivity index (χ0) is 17.2. The average Bonchev–Trinajstić information content (AvgIpc) is 2.56. The standard InChI is InChI=1S/C16H15N3O4S/c1-2-23-12-9-7-11(8-10-12)17-16(20)15-18-13-5-3-4-6-14(13)24(21,22)19-15/h3-10H,2H2,1H3,(H,17,20)(H,18,19). The number of nitrogens with one attached hydrogen (secondary N) is 2. The molecule has 1 heterocycles. The molecule has 3 rings (SSSR count). The molecule has 0 atom stereocenters. The van der Waals surface area contributed by atoms with Crippen molar-refractivity contribution in [3.05, 3.63) is 48.5 Å². The van der Waals surface area contributed by atoms with Crippen LogP contribution in [0.3, 0.4) is 0 Å². The molecule has 0 unspecified atom stereocenters. The van der Waals surface area contributed by atoms with E-state index in [0.29, 0.717) is 23.7 Å². The number of hydrogen-bond donors (Lipinski definition) is 2. The number of carbonyl (C=O) groups is 1. The number of nitrogens with zero attached hydrogens (tertiary/aromatic N) is 1. The van der Waals surface area contributed by atoms with Crippen molar-refractivity contribution in [2.24, 2.45) is 4.40 Å². The molecule has 0 aromatic heterocycles. The summed E-state index contributed by atoms with van der Waals surface area (Å²) in [5.41, 5.74) is 0.827. The topological polar surface area (TPSA) is 96.9 Å². The van der Waals surface area contributed by atoms with Gasteiger partial charge in [-0.3, -0.25) is 4.79 Å². The molecule has 0 bridgehead atoms. The summed E-state index contributed by atoms with van der Waals surface area (Å²) in [6.45, 7) is 2.42. The number of fused-ring (bicyclic) bond motifs is 1. The maximum Gasteiger partial charge on any atom is 0.292 e. The third-order valence-electron chi connectivity index (χ3n) is 3.27. The summed E-state index contributed by atoms with van der Waals surface area (Å²) < 4.78 is 33.1. The van der Waals surface area contributed by atoms with E-state index in [1.165, 1.54) is 6.07 Å². The van der Waals surface area contributed by atoms with Gasteiger partial charge < -0.3 is 15.4 Å². The van der Waals surface area contributed by atoms with E-state index in [-0.39, 0.29) is 10.7 Å². The van der Waals surface area contributed by atoms with Crippen molar-refractivity contribution in [2.75, 3.05) is 17.2 Å². The first-order chi connectivity index (χ1) is 11.5. The van der Waals surface area contributed by atoms with E-state index >= 15 is 0 Å². The summed E-state index contributed by atoms with van der Waals surface area (Å²) >= 11 is 0. The molecule has 0 saturated carbocycles. The molecule has 0 saturated heterocycles. The zero-order valence-corrected chi connectivity index (χ0v) is 13.6. The monoisotopic (exact) mass is 345 g/mol. The van der Waals surface area contributed by atoms with Gasteiger partial charge in [-0.05, 0) is 43.3 Å². The van der Waals surface area contributed by atoms with Gasteiger partial charge in [0.1, 0.15) is 10.6 Å². The van der Waals surface area contributed by atoms with Crippen LogP contribution in [0.2, 0.25) is 0 Å². The van der Waals surface area contributed by atoms with Crippen LogP contribution in [-0.2, 0) is 14.8 Å². The fraction of sp³-hybridized carbons (Fsp3) is 0.125. The summed E-state index contributed by atoms with van der Waals surface area (Å²) in [6.07, 6.45) is 0. The molecule has 0 fully saturated rings. The first-order valence-electron chi connectivity index (χ1n) is 7.25. The summed E-state index contributed by atoms with van der Waals surface area (Å²) in [6, 6.07) is 13.0. The molecule has 2 N–H and O–H groups in total. The summed E-state index contributed by atoms with van der Waals surface area (Å²) in [7, 11) is -3.90. The van der Waals surface area contributed by atoms with Gasteiger partial charge >= 0.3 is 0 Å². The van der Waals surface area contributed by atoms with Crippen molar-refractivity contribution in [2.45, 2.75) is 11.8 Å². The quantitative estimate of drug-likeness (QED) is 0.886. The molecule has 124 valence electrons. The fourth-order valence-corrected chi connectivity index (χ4v) is 3.32. The number of ether oxygens (including phenoxy) is 1. The Morgan fingerprint density at radius 2 is 1.88 bits per heavy atom. The Kier molecular flexibility index (Phi) is 4.22. The minimum absolute atomic E-state index is 0.0441. The van der Waals surface area contributed by atoms with Crippen LogP contribution in [0.15, 0.2) is 57.8 Å². The molecule has 0 spiro atoms. The van der Waals surface area contributed by atoms with E-state index in [1.807, 2.05) is 6.92 Å². The Bertz CT molecular complexity index is 905. The van der Waals surface area contributed by atoms with Crippen molar-refractivity contribution >= 4 is 33.1 Å². The lowest BCUT2D eigenvalue weighted by atomic mass is 10.3. The van der Waals surface area contributed by atoms with E-state index in [2.05, 4.69) is 15.0 Å². The minimum atomic E-state index is -3.90. The maximum atomic E-state index is 12.3. The predicted molar refractivity (Wildman–Crippen MR) is 90.9 cm³/mol. The molecule has 1 amide bonds. The van der Waals surface area contributed by atoms with E-state index in [1.54, 1.807) is 42.5 Å². The normalized spacial score (nSPS) is 14.8. The third kappa shape index (κ3) is 3.23. The molecule has 24 heavy (non-hydrogen) atoms. The van der Waals surface area contributed by atoms with Crippen LogP contribution in [0.5, 0.6) is 5.75 Å². The molecular weight excluding hydrogens is 330 g/mol. The number of anilines is 2. The van der Waals surface area contributed by atoms with E-state index in [4.69, 9.17) is 4.74 Å². The van der Waals surface area contributed by atoms with Gasteiger partial charge in [0.15, 0.2) is 0 Å². The number of hydrogen-bond acceptors (Lipinski definition) is 5. The van der Waals surface area contributed by atoms with Crippen LogP contribution in [0, 0.1) is 0 Å². The number of para-hydroxylation sites is 1.